The normalized spacial score (nSPS) is 21.2. The van der Waals surface area contributed by atoms with E-state index in [1.54, 1.807) is 16.8 Å². The first kappa shape index (κ1) is 14.0. The van der Waals surface area contributed by atoms with E-state index < -0.39 is 34.3 Å². The van der Waals surface area contributed by atoms with Gasteiger partial charge in [0.1, 0.15) is 6.54 Å². The van der Waals surface area contributed by atoms with Gasteiger partial charge in [0.2, 0.25) is 0 Å². The average molecular weight is 303 g/mol. The molecule has 0 aliphatic carbocycles. The molecule has 0 aromatic carbocycles. The van der Waals surface area contributed by atoms with Crippen LogP contribution in [0.15, 0.2) is 16.8 Å². The maximum absolute atomic E-state index is 12.2. The highest BCUT2D eigenvalue weighted by Crippen LogP contribution is 2.20. The highest BCUT2D eigenvalue weighted by Gasteiger charge is 2.35. The van der Waals surface area contributed by atoms with Gasteiger partial charge in [-0.15, -0.1) is 0 Å². The molecule has 2 heterocycles. The van der Waals surface area contributed by atoms with Gasteiger partial charge in [-0.3, -0.25) is 9.59 Å². The standard InChI is InChI=1S/C11H13NO5S2/c13-10(14)5-12(9-2-4-19(16,17)7-9)11(15)8-1-3-18-6-8/h1,3,6,9H,2,4-5,7H2,(H,13,14). The Labute approximate surface area is 114 Å². The Morgan fingerprint density at radius 1 is 1.47 bits per heavy atom. The first-order valence-electron chi connectivity index (χ1n) is 5.64. The Balaban J connectivity index is 2.21. The summed E-state index contributed by atoms with van der Waals surface area (Å²) in [5.74, 6) is -1.72. The van der Waals surface area contributed by atoms with Gasteiger partial charge in [-0.1, -0.05) is 0 Å². The van der Waals surface area contributed by atoms with Crippen molar-refractivity contribution in [3.63, 3.8) is 0 Å². The number of carbonyl (C=O) groups is 2. The van der Waals surface area contributed by atoms with Crippen molar-refractivity contribution in [2.45, 2.75) is 12.5 Å². The molecule has 19 heavy (non-hydrogen) atoms. The van der Waals surface area contributed by atoms with Gasteiger partial charge < -0.3 is 10.0 Å². The zero-order chi connectivity index (χ0) is 14.0. The van der Waals surface area contributed by atoms with Crippen LogP contribution in [0.4, 0.5) is 0 Å². The van der Waals surface area contributed by atoms with Crippen LogP contribution in [0.2, 0.25) is 0 Å². The molecule has 0 spiro atoms. The van der Waals surface area contributed by atoms with Gasteiger partial charge in [0.15, 0.2) is 9.84 Å². The second-order valence-corrected chi connectivity index (χ2v) is 7.40. The third-order valence-electron chi connectivity index (χ3n) is 2.98. The second kappa shape index (κ2) is 5.30. The summed E-state index contributed by atoms with van der Waals surface area (Å²) in [7, 11) is -3.16. The maximum Gasteiger partial charge on any atom is 0.323 e. The van der Waals surface area contributed by atoms with Crippen molar-refractivity contribution in [3.8, 4) is 0 Å². The van der Waals surface area contributed by atoms with E-state index in [-0.39, 0.29) is 11.5 Å². The number of carbonyl (C=O) groups excluding carboxylic acids is 1. The number of rotatable bonds is 4. The van der Waals surface area contributed by atoms with Crippen LogP contribution in [0.3, 0.4) is 0 Å². The number of amides is 1. The lowest BCUT2D eigenvalue weighted by atomic mass is 10.2. The number of aliphatic carboxylic acids is 1. The third-order valence-corrected chi connectivity index (χ3v) is 5.42. The molecule has 1 fully saturated rings. The minimum atomic E-state index is -3.16. The van der Waals surface area contributed by atoms with Gasteiger partial charge in [-0.2, -0.15) is 11.3 Å². The molecule has 0 bridgehead atoms. The highest BCUT2D eigenvalue weighted by atomic mass is 32.2. The summed E-state index contributed by atoms with van der Waals surface area (Å²) < 4.78 is 22.9. The van der Waals surface area contributed by atoms with Gasteiger partial charge in [0, 0.05) is 11.4 Å². The van der Waals surface area contributed by atoms with Crippen LogP contribution in [-0.2, 0) is 14.6 Å². The number of carboxylic acids is 1. The minimum absolute atomic E-state index is 0.00467. The number of sulfone groups is 1. The summed E-state index contributed by atoms with van der Waals surface area (Å²) >= 11 is 1.33. The van der Waals surface area contributed by atoms with Crippen LogP contribution in [0.1, 0.15) is 16.8 Å². The van der Waals surface area contributed by atoms with Gasteiger partial charge in [-0.05, 0) is 17.9 Å². The van der Waals surface area contributed by atoms with Gasteiger partial charge in [0.25, 0.3) is 5.91 Å². The fraction of sp³-hybridized carbons (Fsp3) is 0.455. The van der Waals surface area contributed by atoms with Crippen molar-refractivity contribution >= 4 is 33.1 Å². The Bertz CT molecular complexity index is 578. The summed E-state index contributed by atoms with van der Waals surface area (Å²) in [5, 5.41) is 12.2. The van der Waals surface area contributed by atoms with E-state index in [9.17, 15) is 18.0 Å². The van der Waals surface area contributed by atoms with Crippen molar-refractivity contribution in [1.29, 1.82) is 0 Å². The lowest BCUT2D eigenvalue weighted by molar-refractivity contribution is -0.138. The summed E-state index contributed by atoms with van der Waals surface area (Å²) in [4.78, 5) is 24.2. The van der Waals surface area contributed by atoms with Crippen molar-refractivity contribution in [3.05, 3.63) is 22.4 Å². The van der Waals surface area contributed by atoms with E-state index in [2.05, 4.69) is 0 Å². The van der Waals surface area contributed by atoms with Gasteiger partial charge in [0.05, 0.1) is 17.1 Å². The molecule has 0 saturated carbocycles. The Morgan fingerprint density at radius 3 is 2.68 bits per heavy atom. The molecule has 1 aliphatic heterocycles. The minimum Gasteiger partial charge on any atom is -0.480 e. The molecule has 1 aliphatic rings. The van der Waals surface area contributed by atoms with E-state index in [1.807, 2.05) is 0 Å². The van der Waals surface area contributed by atoms with E-state index >= 15 is 0 Å². The molecule has 104 valence electrons. The smallest absolute Gasteiger partial charge is 0.323 e. The summed E-state index contributed by atoms with van der Waals surface area (Å²) in [5.41, 5.74) is 0.399. The molecular weight excluding hydrogens is 290 g/mol. The van der Waals surface area contributed by atoms with Crippen LogP contribution >= 0.6 is 11.3 Å². The topological polar surface area (TPSA) is 91.8 Å². The predicted octanol–water partition coefficient (Wildman–Crippen LogP) is 0.462. The maximum atomic E-state index is 12.2. The molecule has 8 heteroatoms. The number of hydrogen-bond donors (Lipinski definition) is 1. The number of thiophene rings is 1. The molecule has 0 radical (unpaired) electrons. The van der Waals surface area contributed by atoms with E-state index in [0.717, 1.165) is 4.90 Å². The largest absolute Gasteiger partial charge is 0.480 e. The van der Waals surface area contributed by atoms with Crippen molar-refractivity contribution in [1.82, 2.24) is 4.90 Å². The van der Waals surface area contributed by atoms with Crippen molar-refractivity contribution < 1.29 is 23.1 Å². The van der Waals surface area contributed by atoms with Crippen LogP contribution in [0, 0.1) is 0 Å². The molecule has 1 atom stereocenters. The van der Waals surface area contributed by atoms with Gasteiger partial charge >= 0.3 is 5.97 Å². The molecule has 1 saturated heterocycles. The van der Waals surface area contributed by atoms with Crippen LogP contribution in [0.25, 0.3) is 0 Å². The zero-order valence-corrected chi connectivity index (χ0v) is 11.6. The lowest BCUT2D eigenvalue weighted by Gasteiger charge is -2.26. The number of carboxylic acid groups (broad SMARTS) is 1. The Hall–Kier alpha value is -1.41. The zero-order valence-electron chi connectivity index (χ0n) is 9.98. The molecule has 2 rings (SSSR count). The molecular formula is C11H13NO5S2. The van der Waals surface area contributed by atoms with Gasteiger partial charge in [-0.25, -0.2) is 8.42 Å². The molecule has 1 N–H and O–H groups in total. The number of hydrogen-bond acceptors (Lipinski definition) is 5. The van der Waals surface area contributed by atoms with E-state index in [0.29, 0.717) is 12.0 Å². The summed E-state index contributed by atoms with van der Waals surface area (Å²) in [6.07, 6.45) is 0.297. The predicted molar refractivity (Wildman–Crippen MR) is 70.1 cm³/mol. The molecule has 1 unspecified atom stereocenters. The average Bonchev–Trinajstić information content (AvgIpc) is 2.94. The molecule has 6 nitrogen and oxygen atoms in total. The fourth-order valence-corrected chi connectivity index (χ4v) is 4.45. The third kappa shape index (κ3) is 3.32. The second-order valence-electron chi connectivity index (χ2n) is 4.40. The fourth-order valence-electron chi connectivity index (χ4n) is 2.09. The van der Waals surface area contributed by atoms with E-state index in [1.165, 1.54) is 11.3 Å². The Kier molecular flexibility index (Phi) is 3.91. The highest BCUT2D eigenvalue weighted by molar-refractivity contribution is 7.91. The Morgan fingerprint density at radius 2 is 2.21 bits per heavy atom. The monoisotopic (exact) mass is 303 g/mol. The van der Waals surface area contributed by atoms with Crippen LogP contribution < -0.4 is 0 Å². The van der Waals surface area contributed by atoms with E-state index in [4.69, 9.17) is 5.11 Å². The first-order chi connectivity index (χ1) is 8.89. The van der Waals surface area contributed by atoms with Crippen molar-refractivity contribution in [2.24, 2.45) is 0 Å². The molecule has 1 aromatic rings. The first-order valence-corrected chi connectivity index (χ1v) is 8.41. The summed E-state index contributed by atoms with van der Waals surface area (Å²) in [6, 6.07) is 1.05. The van der Waals surface area contributed by atoms with Crippen LogP contribution in [-0.4, -0.2) is 54.4 Å². The lowest BCUT2D eigenvalue weighted by Crippen LogP contribution is -2.44. The van der Waals surface area contributed by atoms with Crippen molar-refractivity contribution in [2.75, 3.05) is 18.1 Å². The molecule has 1 aromatic heterocycles. The quantitative estimate of drug-likeness (QED) is 0.872. The SMILES string of the molecule is O=C(O)CN(C(=O)c1ccsc1)C1CCS(=O)(=O)C1. The molecule has 1 amide bonds. The number of nitrogens with zero attached hydrogens (tertiary/aromatic N) is 1. The van der Waals surface area contributed by atoms with Crippen LogP contribution in [0.5, 0.6) is 0 Å². The summed E-state index contributed by atoms with van der Waals surface area (Å²) in [6.45, 7) is -0.477.